The van der Waals surface area contributed by atoms with E-state index >= 15 is 0 Å². The predicted molar refractivity (Wildman–Crippen MR) is 124 cm³/mol. The summed E-state index contributed by atoms with van der Waals surface area (Å²) in [5.74, 6) is -6.98. The molecule has 0 radical (unpaired) electrons. The molecule has 0 aromatic carbocycles. The van der Waals surface area contributed by atoms with Crippen molar-refractivity contribution >= 4 is 17.7 Å². The summed E-state index contributed by atoms with van der Waals surface area (Å²) in [6.07, 6.45) is -1.08. The van der Waals surface area contributed by atoms with Crippen LogP contribution in [-0.4, -0.2) is 80.6 Å². The number of carbonyl (C=O) groups excluding carboxylic acids is 3. The van der Waals surface area contributed by atoms with Crippen LogP contribution in [0.2, 0.25) is 0 Å². The first-order chi connectivity index (χ1) is 17.3. The Balaban J connectivity index is 1.44. The molecule has 2 bridgehead atoms. The van der Waals surface area contributed by atoms with E-state index in [9.17, 15) is 34.8 Å². The van der Waals surface area contributed by atoms with Crippen molar-refractivity contribution in [1.82, 2.24) is 0 Å². The van der Waals surface area contributed by atoms with Gasteiger partial charge in [0.15, 0.2) is 11.6 Å². The fourth-order valence-corrected chi connectivity index (χ4v) is 9.39. The molecule has 4 aliphatic carbocycles. The van der Waals surface area contributed by atoms with Gasteiger partial charge in [-0.3, -0.25) is 9.59 Å². The van der Waals surface area contributed by atoms with Crippen molar-refractivity contribution in [3.63, 3.8) is 0 Å². The average Bonchev–Trinajstić information content (AvgIpc) is 3.37. The molecule has 10 heteroatoms. The number of ether oxygens (including phenoxy) is 3. The zero-order chi connectivity index (χ0) is 26.7. The maximum Gasteiger partial charge on any atom is 0.348 e. The molecule has 2 aliphatic heterocycles. The van der Waals surface area contributed by atoms with Gasteiger partial charge in [0.1, 0.15) is 18.3 Å². The highest BCUT2D eigenvalue weighted by Gasteiger charge is 2.83. The summed E-state index contributed by atoms with van der Waals surface area (Å²) in [6, 6.07) is 0. The first-order valence-electron chi connectivity index (χ1n) is 13.4. The highest BCUT2D eigenvalue weighted by Crippen LogP contribution is 2.73. The van der Waals surface area contributed by atoms with Gasteiger partial charge < -0.3 is 34.6 Å². The first-order valence-corrected chi connectivity index (χ1v) is 13.4. The normalized spacial score (nSPS) is 51.6. The second kappa shape index (κ2) is 7.85. The molecule has 1 spiro atoms. The van der Waals surface area contributed by atoms with Crippen molar-refractivity contribution in [2.75, 3.05) is 6.61 Å². The van der Waals surface area contributed by atoms with Crippen LogP contribution in [0.25, 0.3) is 0 Å². The van der Waals surface area contributed by atoms with E-state index in [1.165, 1.54) is 6.08 Å². The standard InChI is InChI=1S/C27H36O10/c1-12-8-15(28)21(31)24(3)14(12)9-16-26-11-35-27(34,23(24)26)20(30)13(2)18(26)19(22(32)36-16)37-17(29)10-25(33)6-4-5-7-25/h8,13-14,16,18-21,23,30-31,33-34H,4-7,9-11H2,1-3H3/t13-,14+,16-,18-,19-,20-,21-,23-,24-,26+,27+/m1/s1. The van der Waals surface area contributed by atoms with Gasteiger partial charge in [0.25, 0.3) is 0 Å². The molecule has 204 valence electrons. The van der Waals surface area contributed by atoms with Crippen LogP contribution in [0.15, 0.2) is 11.6 Å². The highest BCUT2D eigenvalue weighted by atomic mass is 16.7. The molecule has 3 saturated carbocycles. The Labute approximate surface area is 215 Å². The lowest BCUT2D eigenvalue weighted by Gasteiger charge is -2.68. The molecule has 2 heterocycles. The summed E-state index contributed by atoms with van der Waals surface area (Å²) < 4.78 is 17.6. The third kappa shape index (κ3) is 3.07. The Morgan fingerprint density at radius 1 is 1.19 bits per heavy atom. The molecule has 11 atom stereocenters. The number of allylic oxidation sites excluding steroid dienone is 1. The zero-order valence-electron chi connectivity index (χ0n) is 21.4. The summed E-state index contributed by atoms with van der Waals surface area (Å²) in [5.41, 5.74) is -2.81. The van der Waals surface area contributed by atoms with Crippen LogP contribution in [0.1, 0.15) is 59.3 Å². The maximum absolute atomic E-state index is 13.4. The molecule has 2 saturated heterocycles. The van der Waals surface area contributed by atoms with Crippen molar-refractivity contribution in [3.05, 3.63) is 11.6 Å². The number of esters is 2. The molecule has 4 N–H and O–H groups in total. The SMILES string of the molecule is CC1=CC(=O)[C@@H](O)[C@]2(C)[C@H]3[C@@]4(O)OC[C@]35[C@H]([C@@H](C)[C@H]4O)[C@@H](OC(=O)CC3(O)CCCC3)C(=O)O[C@@H]5C[C@@H]12. The van der Waals surface area contributed by atoms with E-state index in [-0.39, 0.29) is 13.0 Å². The lowest BCUT2D eigenvalue weighted by atomic mass is 9.38. The van der Waals surface area contributed by atoms with E-state index in [2.05, 4.69) is 0 Å². The van der Waals surface area contributed by atoms with Gasteiger partial charge in [0.2, 0.25) is 6.10 Å². The fraction of sp³-hybridized carbons (Fsp3) is 0.815. The number of rotatable bonds is 3. The van der Waals surface area contributed by atoms with Crippen molar-refractivity contribution < 1.29 is 49.0 Å². The van der Waals surface area contributed by atoms with Crippen molar-refractivity contribution in [1.29, 1.82) is 0 Å². The molecule has 10 nitrogen and oxygen atoms in total. The summed E-state index contributed by atoms with van der Waals surface area (Å²) in [7, 11) is 0. The van der Waals surface area contributed by atoms with Gasteiger partial charge >= 0.3 is 11.9 Å². The van der Waals surface area contributed by atoms with Crippen LogP contribution < -0.4 is 0 Å². The molecular weight excluding hydrogens is 484 g/mol. The minimum absolute atomic E-state index is 0.0951. The van der Waals surface area contributed by atoms with Crippen LogP contribution in [0, 0.1) is 34.5 Å². The molecule has 6 rings (SSSR count). The van der Waals surface area contributed by atoms with Crippen LogP contribution >= 0.6 is 0 Å². The average molecular weight is 521 g/mol. The molecule has 0 unspecified atom stereocenters. The van der Waals surface area contributed by atoms with Crippen molar-refractivity contribution in [3.8, 4) is 0 Å². The zero-order valence-corrected chi connectivity index (χ0v) is 21.4. The van der Waals surface area contributed by atoms with Crippen LogP contribution in [0.3, 0.4) is 0 Å². The lowest BCUT2D eigenvalue weighted by Crippen LogP contribution is -2.78. The Bertz CT molecular complexity index is 1080. The summed E-state index contributed by atoms with van der Waals surface area (Å²) in [4.78, 5) is 39.2. The topological polar surface area (TPSA) is 160 Å². The van der Waals surface area contributed by atoms with E-state index in [1.807, 2.05) is 0 Å². The van der Waals surface area contributed by atoms with Gasteiger partial charge in [0.05, 0.1) is 18.6 Å². The van der Waals surface area contributed by atoms with E-state index in [0.29, 0.717) is 24.8 Å². The van der Waals surface area contributed by atoms with Gasteiger partial charge in [-0.25, -0.2) is 4.79 Å². The van der Waals surface area contributed by atoms with Gasteiger partial charge in [-0.2, -0.15) is 0 Å². The Morgan fingerprint density at radius 2 is 1.86 bits per heavy atom. The molecule has 6 aliphatic rings. The van der Waals surface area contributed by atoms with Gasteiger partial charge in [0, 0.05) is 22.7 Å². The molecule has 0 aromatic rings. The van der Waals surface area contributed by atoms with E-state index in [4.69, 9.17) is 14.2 Å². The molecule has 5 fully saturated rings. The lowest BCUT2D eigenvalue weighted by molar-refractivity contribution is -0.340. The number of aliphatic hydroxyl groups is 4. The van der Waals surface area contributed by atoms with Crippen molar-refractivity contribution in [2.24, 2.45) is 34.5 Å². The maximum atomic E-state index is 13.4. The largest absolute Gasteiger partial charge is 0.459 e. The van der Waals surface area contributed by atoms with E-state index in [0.717, 1.165) is 12.8 Å². The first kappa shape index (κ1) is 25.4. The highest BCUT2D eigenvalue weighted by molar-refractivity contribution is 5.96. The Hall–Kier alpha value is -1.85. The summed E-state index contributed by atoms with van der Waals surface area (Å²) >= 11 is 0. The number of aliphatic hydroxyl groups excluding tert-OH is 2. The smallest absolute Gasteiger partial charge is 0.348 e. The second-order valence-electron chi connectivity index (χ2n) is 12.7. The number of hydrogen-bond acceptors (Lipinski definition) is 10. The number of ketones is 1. The molecule has 37 heavy (non-hydrogen) atoms. The Kier molecular flexibility index (Phi) is 5.39. The summed E-state index contributed by atoms with van der Waals surface area (Å²) in [5, 5.41) is 45.3. The minimum atomic E-state index is -2.10. The van der Waals surface area contributed by atoms with Crippen LogP contribution in [0.5, 0.6) is 0 Å². The van der Waals surface area contributed by atoms with Crippen molar-refractivity contribution in [2.45, 2.75) is 95.1 Å². The van der Waals surface area contributed by atoms with E-state index in [1.54, 1.807) is 20.8 Å². The van der Waals surface area contributed by atoms with Crippen LogP contribution in [-0.2, 0) is 28.6 Å². The van der Waals surface area contributed by atoms with Gasteiger partial charge in [-0.05, 0) is 44.1 Å². The van der Waals surface area contributed by atoms with Gasteiger partial charge in [-0.15, -0.1) is 0 Å². The number of hydrogen-bond donors (Lipinski definition) is 4. The van der Waals surface area contributed by atoms with Crippen LogP contribution in [0.4, 0.5) is 0 Å². The van der Waals surface area contributed by atoms with Gasteiger partial charge in [-0.1, -0.05) is 32.3 Å². The third-order valence-corrected chi connectivity index (χ3v) is 10.9. The summed E-state index contributed by atoms with van der Waals surface area (Å²) in [6.45, 7) is 5.09. The minimum Gasteiger partial charge on any atom is -0.459 e. The third-order valence-electron chi connectivity index (χ3n) is 10.9. The number of fused-ring (bicyclic) bond motifs is 1. The fourth-order valence-electron chi connectivity index (χ4n) is 9.39. The molecule has 0 aromatic heterocycles. The number of carbonyl (C=O) groups is 3. The predicted octanol–water partition coefficient (Wildman–Crippen LogP) is 0.383. The molecular formula is C27H36O10. The molecule has 0 amide bonds. The second-order valence-corrected chi connectivity index (χ2v) is 12.7. The van der Waals surface area contributed by atoms with E-state index < -0.39 is 88.0 Å². The quantitative estimate of drug-likeness (QED) is 0.383. The Morgan fingerprint density at radius 3 is 2.54 bits per heavy atom. The monoisotopic (exact) mass is 520 g/mol.